The first kappa shape index (κ1) is 9.66. The van der Waals surface area contributed by atoms with Crippen molar-refractivity contribution in [2.24, 2.45) is 0 Å². The van der Waals surface area contributed by atoms with Gasteiger partial charge in [0.25, 0.3) is 0 Å². The van der Waals surface area contributed by atoms with Gasteiger partial charge in [-0.15, -0.1) is 0 Å². The molecule has 1 N–H and O–H groups in total. The summed E-state index contributed by atoms with van der Waals surface area (Å²) in [5, 5.41) is 9.46. The number of nitrogens with zero attached hydrogens (tertiary/aromatic N) is 1. The van der Waals surface area contributed by atoms with E-state index in [1.807, 2.05) is 26.8 Å². The van der Waals surface area contributed by atoms with Crippen molar-refractivity contribution < 1.29 is 9.85 Å². The van der Waals surface area contributed by atoms with Crippen molar-refractivity contribution in [3.8, 4) is 0 Å². The standard InChI is InChI=1S/C8H18NO/c1-5-9(4,10)7-6-8(2)3/h6,10H,5,7H2,1-4H3/q+1. The number of allylic oxidation sites excluding steroid dienone is 1. The van der Waals surface area contributed by atoms with E-state index in [0.29, 0.717) is 6.54 Å². The predicted molar refractivity (Wildman–Crippen MR) is 42.8 cm³/mol. The molecule has 1 atom stereocenters. The van der Waals surface area contributed by atoms with Crippen molar-refractivity contribution in [3.05, 3.63) is 11.6 Å². The zero-order chi connectivity index (χ0) is 8.20. The molecule has 60 valence electrons. The van der Waals surface area contributed by atoms with Crippen molar-refractivity contribution in [1.82, 2.24) is 0 Å². The van der Waals surface area contributed by atoms with Gasteiger partial charge in [-0.1, -0.05) is 5.57 Å². The maximum atomic E-state index is 9.46. The van der Waals surface area contributed by atoms with Gasteiger partial charge in [-0.05, 0) is 26.8 Å². The van der Waals surface area contributed by atoms with Crippen LogP contribution in [0.5, 0.6) is 0 Å². The Bertz CT molecular complexity index is 123. The van der Waals surface area contributed by atoms with E-state index >= 15 is 0 Å². The van der Waals surface area contributed by atoms with Gasteiger partial charge in [-0.3, -0.25) is 0 Å². The van der Waals surface area contributed by atoms with Gasteiger partial charge < -0.3 is 0 Å². The van der Waals surface area contributed by atoms with Gasteiger partial charge in [0.2, 0.25) is 0 Å². The Hall–Kier alpha value is -0.340. The lowest BCUT2D eigenvalue weighted by molar-refractivity contribution is -1.08. The van der Waals surface area contributed by atoms with Crippen LogP contribution in [0.1, 0.15) is 20.8 Å². The molecule has 0 saturated carbocycles. The molecule has 2 nitrogen and oxygen atoms in total. The third-order valence-corrected chi connectivity index (χ3v) is 1.57. The fourth-order valence-electron chi connectivity index (χ4n) is 0.508. The monoisotopic (exact) mass is 144 g/mol. The molecular weight excluding hydrogens is 126 g/mol. The molecule has 0 aliphatic carbocycles. The molecule has 0 aromatic rings. The quantitative estimate of drug-likeness (QED) is 0.364. The Balaban J connectivity index is 3.78. The van der Waals surface area contributed by atoms with Gasteiger partial charge in [0.05, 0.1) is 7.05 Å². The first-order valence-corrected chi connectivity index (χ1v) is 3.68. The van der Waals surface area contributed by atoms with E-state index < -0.39 is 0 Å². The molecule has 0 saturated heterocycles. The third kappa shape index (κ3) is 4.53. The second-order valence-electron chi connectivity index (χ2n) is 3.12. The molecule has 2 heteroatoms. The maximum Gasteiger partial charge on any atom is 0.127 e. The summed E-state index contributed by atoms with van der Waals surface area (Å²) in [7, 11) is 1.81. The van der Waals surface area contributed by atoms with Gasteiger partial charge in [-0.25, -0.2) is 5.21 Å². The van der Waals surface area contributed by atoms with Crippen LogP contribution in [0.2, 0.25) is 0 Å². The number of likely N-dealkylation sites (N-methyl/N-ethyl adjacent to an activating group) is 1. The highest BCUT2D eigenvalue weighted by Crippen LogP contribution is 1.97. The molecule has 0 spiro atoms. The maximum absolute atomic E-state index is 9.46. The lowest BCUT2D eigenvalue weighted by atomic mass is 10.3. The minimum atomic E-state index is 0.0885. The van der Waals surface area contributed by atoms with Gasteiger partial charge >= 0.3 is 0 Å². The molecular formula is C8H18NO+. The zero-order valence-corrected chi connectivity index (χ0v) is 7.39. The molecule has 0 radical (unpaired) electrons. The number of quaternary nitrogens is 1. The van der Waals surface area contributed by atoms with Crippen LogP contribution >= 0.6 is 0 Å². The van der Waals surface area contributed by atoms with Crippen LogP contribution < -0.4 is 0 Å². The summed E-state index contributed by atoms with van der Waals surface area (Å²) in [4.78, 5) is 0. The van der Waals surface area contributed by atoms with E-state index in [-0.39, 0.29) is 4.65 Å². The first-order chi connectivity index (χ1) is 4.48. The van der Waals surface area contributed by atoms with Crippen LogP contribution in [0.25, 0.3) is 0 Å². The number of hydroxylamine groups is 3. The zero-order valence-electron chi connectivity index (χ0n) is 7.39. The molecule has 0 fully saturated rings. The topological polar surface area (TPSA) is 20.2 Å². The smallest absolute Gasteiger partial charge is 0.127 e. The molecule has 0 aromatic carbocycles. The fraction of sp³-hybridized carbons (Fsp3) is 0.750. The summed E-state index contributed by atoms with van der Waals surface area (Å²) in [6.07, 6.45) is 2.05. The Morgan fingerprint density at radius 1 is 1.50 bits per heavy atom. The van der Waals surface area contributed by atoms with Crippen LogP contribution in [0.15, 0.2) is 11.6 Å². The third-order valence-electron chi connectivity index (χ3n) is 1.57. The van der Waals surface area contributed by atoms with E-state index in [2.05, 4.69) is 0 Å². The van der Waals surface area contributed by atoms with Crippen molar-refractivity contribution >= 4 is 0 Å². The fourth-order valence-corrected chi connectivity index (χ4v) is 0.508. The second-order valence-corrected chi connectivity index (χ2v) is 3.12. The Kier molecular flexibility index (Phi) is 3.61. The summed E-state index contributed by atoms with van der Waals surface area (Å²) in [5.74, 6) is 0. The van der Waals surface area contributed by atoms with E-state index in [1.54, 1.807) is 7.05 Å². The van der Waals surface area contributed by atoms with Gasteiger partial charge in [0.1, 0.15) is 13.1 Å². The SMILES string of the molecule is CC[N+](C)(O)CC=C(C)C. The van der Waals surface area contributed by atoms with Crippen molar-refractivity contribution in [3.63, 3.8) is 0 Å². The van der Waals surface area contributed by atoms with Crippen LogP contribution in [0.4, 0.5) is 0 Å². The van der Waals surface area contributed by atoms with Crippen molar-refractivity contribution in [2.75, 3.05) is 20.1 Å². The van der Waals surface area contributed by atoms with Crippen molar-refractivity contribution in [1.29, 1.82) is 0 Å². The van der Waals surface area contributed by atoms with Gasteiger partial charge in [0, 0.05) is 0 Å². The molecule has 0 rings (SSSR count). The van der Waals surface area contributed by atoms with Crippen LogP contribution in [0.3, 0.4) is 0 Å². The Labute approximate surface area is 63.3 Å². The molecule has 0 aliphatic rings. The highest BCUT2D eigenvalue weighted by Gasteiger charge is 2.11. The normalized spacial score (nSPS) is 16.1. The molecule has 10 heavy (non-hydrogen) atoms. The van der Waals surface area contributed by atoms with Crippen LogP contribution in [0, 0.1) is 0 Å². The van der Waals surface area contributed by atoms with E-state index in [9.17, 15) is 5.21 Å². The first-order valence-electron chi connectivity index (χ1n) is 3.68. The Morgan fingerprint density at radius 3 is 2.30 bits per heavy atom. The largest absolute Gasteiger partial charge is 0.217 e. The average Bonchev–Trinajstić information content (AvgIpc) is 1.85. The van der Waals surface area contributed by atoms with Crippen LogP contribution in [-0.4, -0.2) is 30.0 Å². The van der Waals surface area contributed by atoms with Crippen LogP contribution in [-0.2, 0) is 0 Å². The minimum Gasteiger partial charge on any atom is -0.217 e. The van der Waals surface area contributed by atoms with Gasteiger partial charge in [-0.2, -0.15) is 4.65 Å². The van der Waals surface area contributed by atoms with E-state index in [1.165, 1.54) is 5.57 Å². The van der Waals surface area contributed by atoms with Gasteiger partial charge in [0.15, 0.2) is 0 Å². The predicted octanol–water partition coefficient (Wildman–Crippen LogP) is 1.81. The number of rotatable bonds is 3. The summed E-state index contributed by atoms with van der Waals surface area (Å²) in [5.41, 5.74) is 1.26. The average molecular weight is 144 g/mol. The lowest BCUT2D eigenvalue weighted by Gasteiger charge is -2.21. The molecule has 0 heterocycles. The van der Waals surface area contributed by atoms with E-state index in [4.69, 9.17) is 0 Å². The Morgan fingerprint density at radius 2 is 2.00 bits per heavy atom. The molecule has 0 aromatic heterocycles. The second kappa shape index (κ2) is 3.74. The molecule has 0 aliphatic heterocycles. The minimum absolute atomic E-state index is 0.0885. The lowest BCUT2D eigenvalue weighted by Crippen LogP contribution is -2.40. The summed E-state index contributed by atoms with van der Waals surface area (Å²) < 4.78 is 0.0885. The number of hydrogen-bond donors (Lipinski definition) is 1. The summed E-state index contributed by atoms with van der Waals surface area (Å²) in [6.45, 7) is 7.51. The molecule has 1 unspecified atom stereocenters. The molecule has 0 bridgehead atoms. The highest BCUT2D eigenvalue weighted by atomic mass is 16.5. The number of hydrogen-bond acceptors (Lipinski definition) is 1. The van der Waals surface area contributed by atoms with E-state index in [0.717, 1.165) is 6.54 Å². The molecule has 0 amide bonds. The van der Waals surface area contributed by atoms with Crippen molar-refractivity contribution in [2.45, 2.75) is 20.8 Å². The summed E-state index contributed by atoms with van der Waals surface area (Å²) in [6, 6.07) is 0. The highest BCUT2D eigenvalue weighted by molar-refractivity contribution is 4.92. The summed E-state index contributed by atoms with van der Waals surface area (Å²) >= 11 is 0.